The van der Waals surface area contributed by atoms with Crippen molar-refractivity contribution in [1.29, 1.82) is 0 Å². The highest BCUT2D eigenvalue weighted by atomic mass is 79.9. The molecule has 0 spiro atoms. The van der Waals surface area contributed by atoms with E-state index in [9.17, 15) is 4.79 Å². The predicted octanol–water partition coefficient (Wildman–Crippen LogP) is 4.64. The third-order valence-corrected chi connectivity index (χ3v) is 6.49. The second kappa shape index (κ2) is 5.98. The Morgan fingerprint density at radius 1 is 1.15 bits per heavy atom. The van der Waals surface area contributed by atoms with Gasteiger partial charge in [-0.1, -0.05) is 46.3 Å². The molecule has 1 unspecified atom stereocenters. The zero-order valence-corrected chi connectivity index (χ0v) is 16.1. The monoisotopic (exact) mass is 408 g/mol. The first kappa shape index (κ1) is 16.1. The number of hydrogen-bond acceptors (Lipinski definition) is 1. The van der Waals surface area contributed by atoms with Crippen LogP contribution in [0, 0.1) is 0 Å². The number of hydrogen-bond donors (Lipinski definition) is 2. The van der Waals surface area contributed by atoms with Crippen LogP contribution in [0.5, 0.6) is 0 Å². The average Bonchev–Trinajstić information content (AvgIpc) is 3.40. The summed E-state index contributed by atoms with van der Waals surface area (Å²) in [6.07, 6.45) is 4.81. The minimum atomic E-state index is -0.287. The molecular formula is C22H21BrN2O. The van der Waals surface area contributed by atoms with Crippen LogP contribution >= 0.6 is 15.9 Å². The van der Waals surface area contributed by atoms with E-state index in [0.717, 1.165) is 42.1 Å². The summed E-state index contributed by atoms with van der Waals surface area (Å²) in [5.74, 6) is 0.207. The lowest BCUT2D eigenvalue weighted by molar-refractivity contribution is -0.124. The number of carbonyl (C=O) groups is 1. The number of fused-ring (bicyclic) bond motifs is 3. The van der Waals surface area contributed by atoms with Gasteiger partial charge in [0.05, 0.1) is 5.41 Å². The maximum absolute atomic E-state index is 13.0. The second-order valence-corrected chi connectivity index (χ2v) is 8.55. The van der Waals surface area contributed by atoms with Gasteiger partial charge in [-0.05, 0) is 61.4 Å². The van der Waals surface area contributed by atoms with E-state index in [1.54, 1.807) is 0 Å². The zero-order chi connectivity index (χ0) is 17.7. The molecular weight excluding hydrogens is 388 g/mol. The first-order valence-corrected chi connectivity index (χ1v) is 10.1. The van der Waals surface area contributed by atoms with Crippen LogP contribution < -0.4 is 5.32 Å². The van der Waals surface area contributed by atoms with Crippen molar-refractivity contribution in [2.75, 3.05) is 0 Å². The van der Waals surface area contributed by atoms with Gasteiger partial charge in [0.1, 0.15) is 0 Å². The van der Waals surface area contributed by atoms with E-state index in [1.165, 1.54) is 22.2 Å². The normalized spacial score (nSPS) is 20.6. The summed E-state index contributed by atoms with van der Waals surface area (Å²) < 4.78 is 1.10. The molecule has 0 bridgehead atoms. The number of H-pyrrole nitrogens is 1. The SMILES string of the molecule is O=C(NC1CCc2[nH]c3ccc(Br)cc3c2C1)C1(c2ccccc2)CC1. The highest BCUT2D eigenvalue weighted by Crippen LogP contribution is 2.48. The molecule has 1 amide bonds. The smallest absolute Gasteiger partial charge is 0.230 e. The van der Waals surface area contributed by atoms with Crippen LogP contribution in [0.3, 0.4) is 0 Å². The minimum Gasteiger partial charge on any atom is -0.358 e. The van der Waals surface area contributed by atoms with Gasteiger partial charge in [0.2, 0.25) is 5.91 Å². The van der Waals surface area contributed by atoms with Crippen molar-refractivity contribution in [1.82, 2.24) is 10.3 Å². The Bertz CT molecular complexity index is 988. The van der Waals surface area contributed by atoms with Crippen molar-refractivity contribution < 1.29 is 4.79 Å². The maximum atomic E-state index is 13.0. The van der Waals surface area contributed by atoms with Crippen molar-refractivity contribution in [2.45, 2.75) is 43.6 Å². The lowest BCUT2D eigenvalue weighted by atomic mass is 9.89. The quantitative estimate of drug-likeness (QED) is 0.651. The Morgan fingerprint density at radius 2 is 1.96 bits per heavy atom. The molecule has 1 aromatic heterocycles. The third kappa shape index (κ3) is 2.59. The van der Waals surface area contributed by atoms with Gasteiger partial charge in [-0.3, -0.25) is 4.79 Å². The maximum Gasteiger partial charge on any atom is 0.230 e. The number of aryl methyl sites for hydroxylation is 1. The number of carbonyl (C=O) groups excluding carboxylic acids is 1. The molecule has 1 heterocycles. The fraction of sp³-hybridized carbons (Fsp3) is 0.318. The summed E-state index contributed by atoms with van der Waals surface area (Å²) in [6.45, 7) is 0. The molecule has 1 fully saturated rings. The van der Waals surface area contributed by atoms with Gasteiger partial charge < -0.3 is 10.3 Å². The summed E-state index contributed by atoms with van der Waals surface area (Å²) in [5.41, 5.74) is 4.75. The number of benzene rings is 2. The van der Waals surface area contributed by atoms with Crippen LogP contribution in [0.25, 0.3) is 10.9 Å². The molecule has 132 valence electrons. The molecule has 2 aliphatic rings. The van der Waals surface area contributed by atoms with E-state index < -0.39 is 0 Å². The van der Waals surface area contributed by atoms with Crippen molar-refractivity contribution in [3.05, 3.63) is 69.8 Å². The van der Waals surface area contributed by atoms with E-state index in [4.69, 9.17) is 0 Å². The fourth-order valence-electron chi connectivity index (χ4n) is 4.37. The lowest BCUT2D eigenvalue weighted by Crippen LogP contribution is -2.44. The van der Waals surface area contributed by atoms with Gasteiger partial charge in [0.15, 0.2) is 0 Å². The van der Waals surface area contributed by atoms with E-state index in [1.807, 2.05) is 18.2 Å². The molecule has 2 N–H and O–H groups in total. The topological polar surface area (TPSA) is 44.9 Å². The molecule has 1 atom stereocenters. The van der Waals surface area contributed by atoms with Crippen LogP contribution in [-0.4, -0.2) is 16.9 Å². The summed E-state index contributed by atoms with van der Waals surface area (Å²) in [5, 5.41) is 4.64. The van der Waals surface area contributed by atoms with Crippen LogP contribution in [0.2, 0.25) is 0 Å². The number of amides is 1. The van der Waals surface area contributed by atoms with Crippen LogP contribution in [-0.2, 0) is 23.1 Å². The molecule has 0 radical (unpaired) electrons. The summed E-state index contributed by atoms with van der Waals surface area (Å²) in [4.78, 5) is 16.6. The molecule has 3 aromatic rings. The first-order valence-electron chi connectivity index (χ1n) is 9.31. The molecule has 0 saturated heterocycles. The number of halogens is 1. The Balaban J connectivity index is 1.38. The van der Waals surface area contributed by atoms with E-state index in [2.05, 4.69) is 56.6 Å². The molecule has 2 aromatic carbocycles. The zero-order valence-electron chi connectivity index (χ0n) is 14.5. The van der Waals surface area contributed by atoms with Gasteiger partial charge in [0, 0.05) is 27.1 Å². The van der Waals surface area contributed by atoms with Crippen molar-refractivity contribution in [2.24, 2.45) is 0 Å². The number of aromatic amines is 1. The molecule has 1 saturated carbocycles. The van der Waals surface area contributed by atoms with Crippen LogP contribution in [0.1, 0.15) is 36.1 Å². The van der Waals surface area contributed by atoms with Crippen LogP contribution in [0.15, 0.2) is 53.0 Å². The lowest BCUT2D eigenvalue weighted by Gasteiger charge is -2.26. The van der Waals surface area contributed by atoms with Crippen molar-refractivity contribution >= 4 is 32.7 Å². The fourth-order valence-corrected chi connectivity index (χ4v) is 4.73. The highest BCUT2D eigenvalue weighted by Gasteiger charge is 2.51. The predicted molar refractivity (Wildman–Crippen MR) is 107 cm³/mol. The van der Waals surface area contributed by atoms with Crippen molar-refractivity contribution in [3.63, 3.8) is 0 Å². The molecule has 0 aliphatic heterocycles. The number of aromatic nitrogens is 1. The Morgan fingerprint density at radius 3 is 2.73 bits per heavy atom. The molecule has 3 nitrogen and oxygen atoms in total. The van der Waals surface area contributed by atoms with E-state index in [-0.39, 0.29) is 17.4 Å². The Kier molecular flexibility index (Phi) is 3.71. The van der Waals surface area contributed by atoms with Crippen molar-refractivity contribution in [3.8, 4) is 0 Å². The second-order valence-electron chi connectivity index (χ2n) is 7.63. The van der Waals surface area contributed by atoms with Crippen LogP contribution in [0.4, 0.5) is 0 Å². The van der Waals surface area contributed by atoms with Gasteiger partial charge in [-0.15, -0.1) is 0 Å². The van der Waals surface area contributed by atoms with E-state index >= 15 is 0 Å². The highest BCUT2D eigenvalue weighted by molar-refractivity contribution is 9.10. The van der Waals surface area contributed by atoms with Gasteiger partial charge in [-0.2, -0.15) is 0 Å². The molecule has 5 rings (SSSR count). The Hall–Kier alpha value is -2.07. The molecule has 26 heavy (non-hydrogen) atoms. The first-order chi connectivity index (χ1) is 12.7. The molecule has 2 aliphatic carbocycles. The van der Waals surface area contributed by atoms with Gasteiger partial charge in [-0.25, -0.2) is 0 Å². The standard InChI is InChI=1S/C22H21BrN2O/c23-15-6-8-19-17(12-15)18-13-16(7-9-20(18)25-19)24-21(26)22(10-11-22)14-4-2-1-3-5-14/h1-6,8,12,16,25H,7,9-11,13H2,(H,24,26). The summed E-state index contributed by atoms with van der Waals surface area (Å²) in [7, 11) is 0. The average molecular weight is 409 g/mol. The summed E-state index contributed by atoms with van der Waals surface area (Å²) in [6, 6.07) is 16.8. The largest absolute Gasteiger partial charge is 0.358 e. The third-order valence-electron chi connectivity index (χ3n) is 6.00. The number of rotatable bonds is 3. The van der Waals surface area contributed by atoms with E-state index in [0.29, 0.717) is 0 Å². The van der Waals surface area contributed by atoms with Gasteiger partial charge in [0.25, 0.3) is 0 Å². The summed E-state index contributed by atoms with van der Waals surface area (Å²) >= 11 is 3.58. The molecule has 4 heteroatoms. The van der Waals surface area contributed by atoms with Gasteiger partial charge >= 0.3 is 0 Å². The Labute approximate surface area is 161 Å². The number of nitrogens with one attached hydrogen (secondary N) is 2. The minimum absolute atomic E-state index is 0.207.